The van der Waals surface area contributed by atoms with Crippen molar-refractivity contribution in [3.05, 3.63) is 56.7 Å². The minimum atomic E-state index is 0.764. The third-order valence-electron chi connectivity index (χ3n) is 2.94. The van der Waals surface area contributed by atoms with Crippen molar-refractivity contribution in [1.82, 2.24) is 4.98 Å². The van der Waals surface area contributed by atoms with Gasteiger partial charge in [0.2, 0.25) is 0 Å². The highest BCUT2D eigenvalue weighted by molar-refractivity contribution is 14.1. The Bertz CT molecular complexity index is 789. The number of hydrogen-bond donors (Lipinski definition) is 2. The third kappa shape index (κ3) is 2.73. The summed E-state index contributed by atoms with van der Waals surface area (Å²) in [5, 5.41) is 4.51. The van der Waals surface area contributed by atoms with Gasteiger partial charge in [-0.25, -0.2) is 0 Å². The SMILES string of the molecule is Nc1ccc(Nc2cccc3cc(Br)cnc23)c(I)c1. The molecule has 3 N–H and O–H groups in total. The average Bonchev–Trinajstić information content (AvgIpc) is 2.41. The highest BCUT2D eigenvalue weighted by Gasteiger charge is 2.05. The average molecular weight is 440 g/mol. The molecule has 0 unspecified atom stereocenters. The van der Waals surface area contributed by atoms with Gasteiger partial charge in [-0.15, -0.1) is 0 Å². The Kier molecular flexibility index (Phi) is 3.80. The molecular formula is C15H11BrIN3. The van der Waals surface area contributed by atoms with Crippen molar-refractivity contribution >= 4 is 66.5 Å². The number of nitrogens with zero attached hydrogens (tertiary/aromatic N) is 1. The molecule has 0 saturated carbocycles. The summed E-state index contributed by atoms with van der Waals surface area (Å²) in [6, 6.07) is 14.0. The lowest BCUT2D eigenvalue weighted by Gasteiger charge is -2.11. The first-order valence-corrected chi connectivity index (χ1v) is 7.87. The van der Waals surface area contributed by atoms with Gasteiger partial charge in [-0.3, -0.25) is 4.98 Å². The molecule has 0 amide bonds. The summed E-state index contributed by atoms with van der Waals surface area (Å²) in [7, 11) is 0. The molecule has 1 heterocycles. The molecule has 100 valence electrons. The molecule has 1 aromatic heterocycles. The van der Waals surface area contributed by atoms with Crippen LogP contribution in [0.5, 0.6) is 0 Å². The van der Waals surface area contributed by atoms with Gasteiger partial charge in [0.1, 0.15) is 0 Å². The van der Waals surface area contributed by atoms with E-state index < -0.39 is 0 Å². The van der Waals surface area contributed by atoms with Crippen molar-refractivity contribution in [3.8, 4) is 0 Å². The molecule has 3 nitrogen and oxygen atoms in total. The molecule has 5 heteroatoms. The molecule has 0 fully saturated rings. The van der Waals surface area contributed by atoms with E-state index in [1.165, 1.54) is 0 Å². The lowest BCUT2D eigenvalue weighted by Crippen LogP contribution is -1.96. The summed E-state index contributed by atoms with van der Waals surface area (Å²) in [5.41, 5.74) is 9.50. The number of halogens is 2. The minimum Gasteiger partial charge on any atom is -0.399 e. The van der Waals surface area contributed by atoms with Gasteiger partial charge in [0, 0.05) is 25.3 Å². The summed E-state index contributed by atoms with van der Waals surface area (Å²) < 4.78 is 2.06. The van der Waals surface area contributed by atoms with Crippen LogP contribution in [0.2, 0.25) is 0 Å². The summed E-state index contributed by atoms with van der Waals surface area (Å²) in [5.74, 6) is 0. The maximum Gasteiger partial charge on any atom is 0.0937 e. The second kappa shape index (κ2) is 5.57. The molecule has 3 rings (SSSR count). The summed E-state index contributed by atoms with van der Waals surface area (Å²) >= 11 is 5.72. The van der Waals surface area contributed by atoms with Crippen LogP contribution in [0.25, 0.3) is 10.9 Å². The number of nitrogen functional groups attached to an aromatic ring is 1. The number of benzene rings is 2. The largest absolute Gasteiger partial charge is 0.399 e. The third-order valence-corrected chi connectivity index (χ3v) is 4.27. The normalized spacial score (nSPS) is 10.7. The van der Waals surface area contributed by atoms with Gasteiger partial charge < -0.3 is 11.1 Å². The van der Waals surface area contributed by atoms with E-state index in [0.717, 1.165) is 36.0 Å². The number of hydrogen-bond acceptors (Lipinski definition) is 3. The Labute approximate surface area is 138 Å². The molecule has 20 heavy (non-hydrogen) atoms. The van der Waals surface area contributed by atoms with Gasteiger partial charge in [0.15, 0.2) is 0 Å². The van der Waals surface area contributed by atoms with Crippen molar-refractivity contribution in [2.45, 2.75) is 0 Å². The van der Waals surface area contributed by atoms with Gasteiger partial charge in [0.05, 0.1) is 16.9 Å². The standard InChI is InChI=1S/C15H11BrIN3/c16-10-6-9-2-1-3-14(15(9)19-8-10)20-13-5-4-11(18)7-12(13)17/h1-8,20H,18H2. The van der Waals surface area contributed by atoms with Gasteiger partial charge in [-0.2, -0.15) is 0 Å². The van der Waals surface area contributed by atoms with E-state index >= 15 is 0 Å². The van der Waals surface area contributed by atoms with E-state index in [9.17, 15) is 0 Å². The van der Waals surface area contributed by atoms with E-state index in [-0.39, 0.29) is 0 Å². The van der Waals surface area contributed by atoms with Crippen LogP contribution in [-0.4, -0.2) is 4.98 Å². The molecule has 3 aromatic rings. The Morgan fingerprint density at radius 3 is 2.75 bits per heavy atom. The van der Waals surface area contributed by atoms with Crippen LogP contribution >= 0.6 is 38.5 Å². The Hall–Kier alpha value is -1.34. The van der Waals surface area contributed by atoms with E-state index in [2.05, 4.69) is 54.9 Å². The van der Waals surface area contributed by atoms with Crippen LogP contribution in [0, 0.1) is 3.57 Å². The predicted octanol–water partition coefficient (Wildman–Crippen LogP) is 4.93. The number of anilines is 3. The highest BCUT2D eigenvalue weighted by Crippen LogP contribution is 2.29. The maximum atomic E-state index is 5.78. The van der Waals surface area contributed by atoms with Crippen molar-refractivity contribution in [1.29, 1.82) is 0 Å². The van der Waals surface area contributed by atoms with Crippen molar-refractivity contribution < 1.29 is 0 Å². The molecule has 0 radical (unpaired) electrons. The number of rotatable bonds is 2. The Morgan fingerprint density at radius 2 is 1.95 bits per heavy atom. The highest BCUT2D eigenvalue weighted by atomic mass is 127. The molecule has 0 aliphatic carbocycles. The van der Waals surface area contributed by atoms with Crippen molar-refractivity contribution in [2.75, 3.05) is 11.1 Å². The van der Waals surface area contributed by atoms with E-state index in [1.807, 2.05) is 42.6 Å². The number of pyridine rings is 1. The lowest BCUT2D eigenvalue weighted by atomic mass is 10.2. The predicted molar refractivity (Wildman–Crippen MR) is 96.3 cm³/mol. The topological polar surface area (TPSA) is 50.9 Å². The zero-order chi connectivity index (χ0) is 14.1. The molecule has 0 aliphatic heterocycles. The van der Waals surface area contributed by atoms with Crippen molar-refractivity contribution in [2.24, 2.45) is 0 Å². The fourth-order valence-electron chi connectivity index (χ4n) is 2.01. The number of nitrogens with one attached hydrogen (secondary N) is 1. The fourth-order valence-corrected chi connectivity index (χ4v) is 3.04. The molecule has 0 spiro atoms. The molecule has 0 bridgehead atoms. The van der Waals surface area contributed by atoms with Crippen LogP contribution in [0.1, 0.15) is 0 Å². The quantitative estimate of drug-likeness (QED) is 0.439. The first-order valence-electron chi connectivity index (χ1n) is 6.00. The van der Waals surface area contributed by atoms with E-state index in [4.69, 9.17) is 5.73 Å². The minimum absolute atomic E-state index is 0.764. The lowest BCUT2D eigenvalue weighted by molar-refractivity contribution is 1.38. The number of fused-ring (bicyclic) bond motifs is 1. The van der Waals surface area contributed by atoms with Gasteiger partial charge in [-0.1, -0.05) is 12.1 Å². The van der Waals surface area contributed by atoms with Gasteiger partial charge in [0.25, 0.3) is 0 Å². The van der Waals surface area contributed by atoms with Crippen LogP contribution in [0.3, 0.4) is 0 Å². The van der Waals surface area contributed by atoms with Crippen LogP contribution in [0.15, 0.2) is 53.1 Å². The molecule has 0 atom stereocenters. The second-order valence-corrected chi connectivity index (χ2v) is 6.47. The van der Waals surface area contributed by atoms with Crippen LogP contribution < -0.4 is 11.1 Å². The summed E-state index contributed by atoms with van der Waals surface area (Å²) in [4.78, 5) is 4.49. The van der Waals surface area contributed by atoms with Gasteiger partial charge in [-0.05, 0) is 68.9 Å². The van der Waals surface area contributed by atoms with E-state index in [0.29, 0.717) is 0 Å². The first-order chi connectivity index (χ1) is 9.63. The number of nitrogens with two attached hydrogens (primary N) is 1. The molecular weight excluding hydrogens is 429 g/mol. The molecule has 0 aliphatic rings. The molecule has 2 aromatic carbocycles. The smallest absolute Gasteiger partial charge is 0.0937 e. The Balaban J connectivity index is 2.06. The zero-order valence-electron chi connectivity index (χ0n) is 10.4. The summed E-state index contributed by atoms with van der Waals surface area (Å²) in [6.45, 7) is 0. The van der Waals surface area contributed by atoms with E-state index in [1.54, 1.807) is 0 Å². The van der Waals surface area contributed by atoms with Crippen molar-refractivity contribution in [3.63, 3.8) is 0 Å². The zero-order valence-corrected chi connectivity index (χ0v) is 14.1. The maximum absolute atomic E-state index is 5.78. The number of aromatic nitrogens is 1. The monoisotopic (exact) mass is 439 g/mol. The number of para-hydroxylation sites is 1. The van der Waals surface area contributed by atoms with Crippen LogP contribution in [-0.2, 0) is 0 Å². The first kappa shape index (κ1) is 13.6. The molecule has 0 saturated heterocycles. The fraction of sp³-hybridized carbons (Fsp3) is 0. The second-order valence-electron chi connectivity index (χ2n) is 4.40. The summed E-state index contributed by atoms with van der Waals surface area (Å²) in [6.07, 6.45) is 1.81. The van der Waals surface area contributed by atoms with Crippen LogP contribution in [0.4, 0.5) is 17.1 Å². The Morgan fingerprint density at radius 1 is 1.10 bits per heavy atom. The van der Waals surface area contributed by atoms with Gasteiger partial charge >= 0.3 is 0 Å².